The fourth-order valence-corrected chi connectivity index (χ4v) is 3.40. The van der Waals surface area contributed by atoms with Crippen LogP contribution in [0.25, 0.3) is 0 Å². The number of benzene rings is 2. The van der Waals surface area contributed by atoms with E-state index in [-0.39, 0.29) is 10.8 Å². The molecule has 2 aromatic carbocycles. The fourth-order valence-electron chi connectivity index (χ4n) is 2.35. The predicted octanol–water partition coefficient (Wildman–Crippen LogP) is 3.64. The summed E-state index contributed by atoms with van der Waals surface area (Å²) in [5, 5.41) is 2.62. The van der Waals surface area contributed by atoms with Gasteiger partial charge >= 0.3 is 0 Å². The van der Waals surface area contributed by atoms with Gasteiger partial charge in [0.2, 0.25) is 5.91 Å². The van der Waals surface area contributed by atoms with Gasteiger partial charge in [-0.25, -0.2) is 8.42 Å². The second-order valence-electron chi connectivity index (χ2n) is 6.11. The van der Waals surface area contributed by atoms with Gasteiger partial charge in [-0.15, -0.1) is 0 Å². The van der Waals surface area contributed by atoms with Gasteiger partial charge in [-0.05, 0) is 48.2 Å². The molecule has 0 heterocycles. The van der Waals surface area contributed by atoms with Gasteiger partial charge < -0.3 is 5.32 Å². The zero-order valence-electron chi connectivity index (χ0n) is 14.0. The van der Waals surface area contributed by atoms with E-state index in [9.17, 15) is 13.2 Å². The molecule has 2 N–H and O–H groups in total. The van der Waals surface area contributed by atoms with E-state index in [4.69, 9.17) is 0 Å². The van der Waals surface area contributed by atoms with Gasteiger partial charge in [0.1, 0.15) is 0 Å². The van der Waals surface area contributed by atoms with Crippen molar-refractivity contribution in [3.63, 3.8) is 0 Å². The van der Waals surface area contributed by atoms with Gasteiger partial charge in [-0.1, -0.05) is 32.0 Å². The Kier molecular flexibility index (Phi) is 5.62. The van der Waals surface area contributed by atoms with Crippen molar-refractivity contribution >= 4 is 27.3 Å². The van der Waals surface area contributed by atoms with Crippen LogP contribution < -0.4 is 10.0 Å². The number of nitrogens with one attached hydrogen (secondary N) is 2. The molecule has 0 unspecified atom stereocenters. The number of hydrogen-bond acceptors (Lipinski definition) is 3. The van der Waals surface area contributed by atoms with Gasteiger partial charge in [0.25, 0.3) is 10.0 Å². The summed E-state index contributed by atoms with van der Waals surface area (Å²) in [6.07, 6.45) is 0.909. The van der Waals surface area contributed by atoms with Crippen LogP contribution in [0.1, 0.15) is 26.3 Å². The maximum absolute atomic E-state index is 12.5. The van der Waals surface area contributed by atoms with E-state index in [1.165, 1.54) is 6.92 Å². The number of anilines is 2. The van der Waals surface area contributed by atoms with Crippen LogP contribution >= 0.6 is 0 Å². The maximum Gasteiger partial charge on any atom is 0.261 e. The second-order valence-corrected chi connectivity index (χ2v) is 7.79. The van der Waals surface area contributed by atoms with E-state index in [0.717, 1.165) is 12.0 Å². The molecule has 0 atom stereocenters. The van der Waals surface area contributed by atoms with Gasteiger partial charge in [0, 0.05) is 12.6 Å². The Bertz CT molecular complexity index is 812. The van der Waals surface area contributed by atoms with E-state index in [1.54, 1.807) is 36.4 Å². The first-order chi connectivity index (χ1) is 11.3. The third-order valence-electron chi connectivity index (χ3n) is 3.31. The number of rotatable bonds is 6. The summed E-state index contributed by atoms with van der Waals surface area (Å²) in [5.74, 6) is 0.304. The van der Waals surface area contributed by atoms with Crippen molar-refractivity contribution in [1.82, 2.24) is 0 Å². The van der Waals surface area contributed by atoms with Gasteiger partial charge in [0.05, 0.1) is 10.6 Å². The first kappa shape index (κ1) is 18.0. The van der Waals surface area contributed by atoms with Crippen molar-refractivity contribution < 1.29 is 13.2 Å². The minimum absolute atomic E-state index is 0.208. The average molecular weight is 346 g/mol. The minimum atomic E-state index is -3.67. The molecule has 5 nitrogen and oxygen atoms in total. The lowest BCUT2D eigenvalue weighted by Crippen LogP contribution is -2.13. The van der Waals surface area contributed by atoms with Crippen LogP contribution in [0.2, 0.25) is 0 Å². The molecule has 0 saturated heterocycles. The topological polar surface area (TPSA) is 75.3 Å². The Morgan fingerprint density at radius 2 is 1.67 bits per heavy atom. The highest BCUT2D eigenvalue weighted by Gasteiger charge is 2.14. The van der Waals surface area contributed by atoms with E-state index in [0.29, 0.717) is 17.3 Å². The molecule has 0 bridgehead atoms. The number of amides is 1. The Balaban J connectivity index is 2.17. The van der Waals surface area contributed by atoms with Crippen LogP contribution in [0.3, 0.4) is 0 Å². The van der Waals surface area contributed by atoms with Gasteiger partial charge in [-0.3, -0.25) is 9.52 Å². The molecular weight excluding hydrogens is 324 g/mol. The highest BCUT2D eigenvalue weighted by molar-refractivity contribution is 7.92. The molecule has 1 amide bonds. The third kappa shape index (κ3) is 5.09. The molecule has 128 valence electrons. The predicted molar refractivity (Wildman–Crippen MR) is 96.5 cm³/mol. The zero-order valence-corrected chi connectivity index (χ0v) is 14.9. The van der Waals surface area contributed by atoms with Crippen LogP contribution in [-0.4, -0.2) is 14.3 Å². The summed E-state index contributed by atoms with van der Waals surface area (Å²) in [7, 11) is -3.67. The molecule has 0 fully saturated rings. The van der Waals surface area contributed by atoms with E-state index < -0.39 is 10.0 Å². The maximum atomic E-state index is 12.5. The molecule has 0 radical (unpaired) electrons. The molecule has 0 saturated carbocycles. The van der Waals surface area contributed by atoms with Crippen LogP contribution in [0.5, 0.6) is 0 Å². The van der Waals surface area contributed by atoms with Gasteiger partial charge in [0.15, 0.2) is 0 Å². The lowest BCUT2D eigenvalue weighted by Gasteiger charge is -2.11. The lowest BCUT2D eigenvalue weighted by molar-refractivity contribution is -0.114. The molecule has 6 heteroatoms. The molecule has 24 heavy (non-hydrogen) atoms. The lowest BCUT2D eigenvalue weighted by atomic mass is 10.0. The van der Waals surface area contributed by atoms with Crippen molar-refractivity contribution in [2.24, 2.45) is 5.92 Å². The smallest absolute Gasteiger partial charge is 0.261 e. The first-order valence-electron chi connectivity index (χ1n) is 7.75. The van der Waals surface area contributed by atoms with E-state index >= 15 is 0 Å². The summed E-state index contributed by atoms with van der Waals surface area (Å²) in [6.45, 7) is 5.64. The quantitative estimate of drug-likeness (QED) is 0.838. The first-order valence-corrected chi connectivity index (χ1v) is 9.24. The van der Waals surface area contributed by atoms with Crippen LogP contribution in [-0.2, 0) is 21.2 Å². The molecule has 0 spiro atoms. The fraction of sp³-hybridized carbons (Fsp3) is 0.278. The second kappa shape index (κ2) is 7.49. The van der Waals surface area contributed by atoms with Crippen LogP contribution in [0.4, 0.5) is 11.4 Å². The Morgan fingerprint density at radius 3 is 2.25 bits per heavy atom. The molecule has 0 aliphatic heterocycles. The number of sulfonamides is 1. The summed E-state index contributed by atoms with van der Waals surface area (Å²) in [4.78, 5) is 11.3. The van der Waals surface area contributed by atoms with Gasteiger partial charge in [-0.2, -0.15) is 0 Å². The van der Waals surface area contributed by atoms with Crippen LogP contribution in [0, 0.1) is 5.92 Å². The number of carbonyl (C=O) groups is 1. The van der Waals surface area contributed by atoms with E-state index in [2.05, 4.69) is 23.9 Å². The van der Waals surface area contributed by atoms with Crippen molar-refractivity contribution in [2.75, 3.05) is 10.0 Å². The molecule has 0 aromatic heterocycles. The Labute approximate surface area is 143 Å². The largest absolute Gasteiger partial charge is 0.326 e. The van der Waals surface area contributed by atoms with Crippen LogP contribution in [0.15, 0.2) is 53.4 Å². The summed E-state index contributed by atoms with van der Waals surface area (Å²) in [6, 6.07) is 13.5. The summed E-state index contributed by atoms with van der Waals surface area (Å²) < 4.78 is 27.5. The van der Waals surface area contributed by atoms with E-state index in [1.807, 2.05) is 12.1 Å². The third-order valence-corrected chi connectivity index (χ3v) is 4.71. The highest BCUT2D eigenvalue weighted by Crippen LogP contribution is 2.20. The van der Waals surface area contributed by atoms with Crippen molar-refractivity contribution in [2.45, 2.75) is 32.1 Å². The van der Waals surface area contributed by atoms with Crippen molar-refractivity contribution in [1.29, 1.82) is 0 Å². The molecule has 2 aromatic rings. The summed E-state index contributed by atoms with van der Waals surface area (Å²) >= 11 is 0. The Hall–Kier alpha value is -2.34. The monoisotopic (exact) mass is 346 g/mol. The number of hydrogen-bond donors (Lipinski definition) is 2. The van der Waals surface area contributed by atoms with Crippen molar-refractivity contribution in [3.8, 4) is 0 Å². The zero-order chi connectivity index (χ0) is 17.7. The minimum Gasteiger partial charge on any atom is -0.326 e. The molecule has 2 rings (SSSR count). The average Bonchev–Trinajstić information content (AvgIpc) is 2.46. The molecule has 0 aliphatic carbocycles. The highest BCUT2D eigenvalue weighted by atomic mass is 32.2. The molecular formula is C18H22N2O3S. The molecule has 0 aliphatic rings. The van der Waals surface area contributed by atoms with Crippen molar-refractivity contribution in [3.05, 3.63) is 54.1 Å². The standard InChI is InChI=1S/C18H22N2O3S/c1-13(2)11-15-7-9-18(10-8-15)24(22,23)20-17-6-4-5-16(12-17)19-14(3)21/h4-10,12-13,20H,11H2,1-3H3,(H,19,21). The SMILES string of the molecule is CC(=O)Nc1cccc(NS(=O)(=O)c2ccc(CC(C)C)cc2)c1. The number of carbonyl (C=O) groups excluding carboxylic acids is 1. The summed E-state index contributed by atoms with van der Waals surface area (Å²) in [5.41, 5.74) is 2.04. The normalized spacial score (nSPS) is 11.3. The Morgan fingerprint density at radius 1 is 1.04 bits per heavy atom.